The van der Waals surface area contributed by atoms with E-state index in [-0.39, 0.29) is 0 Å². The van der Waals surface area contributed by atoms with Gasteiger partial charge in [0.1, 0.15) is 110 Å². The lowest BCUT2D eigenvalue weighted by Crippen LogP contribution is -2.66. The summed E-state index contributed by atoms with van der Waals surface area (Å²) in [4.78, 5) is 0. The molecule has 0 aromatic carbocycles. The third-order valence-corrected chi connectivity index (χ3v) is 9.51. The van der Waals surface area contributed by atoms with Gasteiger partial charge in [0.05, 0.1) is 39.1 Å². The van der Waals surface area contributed by atoms with Gasteiger partial charge in [-0.2, -0.15) is 0 Å². The quantitative estimate of drug-likeness (QED) is 0.0733. The molecule has 24 heteroatoms. The summed E-state index contributed by atoms with van der Waals surface area (Å²) in [7, 11) is 0. The predicted molar refractivity (Wildman–Crippen MR) is 161 cm³/mol. The Hall–Kier alpha value is -0.960. The molecule has 4 fully saturated rings. The van der Waals surface area contributed by atoms with Gasteiger partial charge in [0.2, 0.25) is 0 Å². The van der Waals surface area contributed by atoms with Crippen molar-refractivity contribution >= 4 is 0 Å². The van der Waals surface area contributed by atoms with Crippen molar-refractivity contribution in [2.45, 2.75) is 148 Å². The third kappa shape index (κ3) is 9.96. The fraction of sp³-hybridized carbons (Fsp3) is 1.00. The number of aliphatic hydroxyl groups excluding tert-OH is 16. The minimum atomic E-state index is -2.05. The summed E-state index contributed by atoms with van der Waals surface area (Å²) in [6, 6.07) is 0. The monoisotopic (exact) mass is 784 g/mol. The minimum absolute atomic E-state index is 0.565. The first-order chi connectivity index (χ1) is 25.0. The molecule has 53 heavy (non-hydrogen) atoms. The lowest BCUT2D eigenvalue weighted by molar-refractivity contribution is -0.389. The Morgan fingerprint density at radius 2 is 1.11 bits per heavy atom. The molecule has 4 aliphatic heterocycles. The fourth-order valence-electron chi connectivity index (χ4n) is 6.14. The van der Waals surface area contributed by atoms with Gasteiger partial charge in [-0.15, -0.1) is 0 Å². The maximum atomic E-state index is 10.9. The van der Waals surface area contributed by atoms with Gasteiger partial charge in [-0.05, 0) is 6.92 Å². The molecule has 0 amide bonds. The zero-order chi connectivity index (χ0) is 39.5. The molecule has 0 aromatic rings. The summed E-state index contributed by atoms with van der Waals surface area (Å²) < 4.78 is 44.5. The van der Waals surface area contributed by atoms with E-state index in [9.17, 15) is 81.7 Å². The average Bonchev–Trinajstić information content (AvgIpc) is 3.15. The van der Waals surface area contributed by atoms with Crippen LogP contribution in [0, 0.1) is 0 Å². The van der Waals surface area contributed by atoms with Gasteiger partial charge in [-0.25, -0.2) is 0 Å². The fourth-order valence-corrected chi connectivity index (χ4v) is 6.14. The largest absolute Gasteiger partial charge is 0.394 e. The van der Waals surface area contributed by atoms with E-state index >= 15 is 0 Å². The van der Waals surface area contributed by atoms with Crippen molar-refractivity contribution in [1.29, 1.82) is 0 Å². The SMILES string of the molecule is C[C@@H]1O[C@@H](O[C@H]2[C@H](O[C@H]3[C@@H](OC[C@H]4O[C@@H](O[C@@H]([C@H](O)[C@@H](O)CO)[C@H](O)CO)[C@H](O)[C@@H](O)[C@@H]4O)OC[C@@H](O)[C@@H]3O)O[C@H](CO)[C@H](O)[C@@H]2O)[C@@H](O)[C@H](O)[C@@H]1O. The molecule has 0 saturated carbocycles. The van der Waals surface area contributed by atoms with E-state index in [1.165, 1.54) is 6.92 Å². The summed E-state index contributed by atoms with van der Waals surface area (Å²) in [5, 5.41) is 164. The summed E-state index contributed by atoms with van der Waals surface area (Å²) in [6.45, 7) is -2.90. The molecular formula is C29H52O24. The van der Waals surface area contributed by atoms with Gasteiger partial charge < -0.3 is 120 Å². The minimum Gasteiger partial charge on any atom is -0.394 e. The average molecular weight is 785 g/mol. The van der Waals surface area contributed by atoms with Gasteiger partial charge >= 0.3 is 0 Å². The first-order valence-electron chi connectivity index (χ1n) is 16.8. The van der Waals surface area contributed by atoms with Crippen LogP contribution in [0.25, 0.3) is 0 Å². The highest BCUT2D eigenvalue weighted by Crippen LogP contribution is 2.33. The van der Waals surface area contributed by atoms with Crippen LogP contribution in [0.4, 0.5) is 0 Å². The van der Waals surface area contributed by atoms with Crippen molar-refractivity contribution in [3.05, 3.63) is 0 Å². The Morgan fingerprint density at radius 1 is 0.566 bits per heavy atom. The van der Waals surface area contributed by atoms with E-state index in [1.807, 2.05) is 0 Å². The topological polar surface area (TPSA) is 398 Å². The van der Waals surface area contributed by atoms with Gasteiger partial charge in [0, 0.05) is 0 Å². The summed E-state index contributed by atoms with van der Waals surface area (Å²) in [5.41, 5.74) is 0. The maximum Gasteiger partial charge on any atom is 0.187 e. The van der Waals surface area contributed by atoms with Crippen LogP contribution in [0.15, 0.2) is 0 Å². The van der Waals surface area contributed by atoms with E-state index in [0.717, 1.165) is 0 Å². The highest BCUT2D eigenvalue weighted by molar-refractivity contribution is 4.96. The van der Waals surface area contributed by atoms with Crippen LogP contribution in [-0.4, -0.2) is 256 Å². The predicted octanol–water partition coefficient (Wildman–Crippen LogP) is -10.6. The molecular weight excluding hydrogens is 732 g/mol. The molecule has 4 saturated heterocycles. The van der Waals surface area contributed by atoms with Crippen molar-refractivity contribution in [3.8, 4) is 0 Å². The molecule has 0 spiro atoms. The summed E-state index contributed by atoms with van der Waals surface area (Å²) in [5.74, 6) is 0. The van der Waals surface area contributed by atoms with Crippen LogP contribution < -0.4 is 0 Å². The van der Waals surface area contributed by atoms with E-state index in [1.54, 1.807) is 0 Å². The second-order valence-corrected chi connectivity index (χ2v) is 13.3. The van der Waals surface area contributed by atoms with E-state index in [0.29, 0.717) is 0 Å². The smallest absolute Gasteiger partial charge is 0.187 e. The second kappa shape index (κ2) is 19.5. The lowest BCUT2D eigenvalue weighted by atomic mass is 9.97. The normalized spacial score (nSPS) is 47.8. The molecule has 16 N–H and O–H groups in total. The van der Waals surface area contributed by atoms with Gasteiger partial charge in [0.25, 0.3) is 0 Å². The number of hydrogen-bond donors (Lipinski definition) is 16. The molecule has 24 nitrogen and oxygen atoms in total. The zero-order valence-electron chi connectivity index (χ0n) is 28.2. The molecule has 4 aliphatic rings. The molecule has 0 aromatic heterocycles. The van der Waals surface area contributed by atoms with Crippen molar-refractivity contribution in [1.82, 2.24) is 0 Å². The van der Waals surface area contributed by atoms with Crippen molar-refractivity contribution in [2.75, 3.05) is 33.0 Å². The molecule has 0 aliphatic carbocycles. The highest BCUT2D eigenvalue weighted by Gasteiger charge is 2.54. The molecule has 0 bridgehead atoms. The van der Waals surface area contributed by atoms with Crippen LogP contribution in [0.2, 0.25) is 0 Å². The molecule has 312 valence electrons. The number of ether oxygens (including phenoxy) is 8. The molecule has 4 heterocycles. The molecule has 4 rings (SSSR count). The Kier molecular flexibility index (Phi) is 16.4. The Morgan fingerprint density at radius 3 is 1.74 bits per heavy atom. The number of hydrogen-bond acceptors (Lipinski definition) is 24. The summed E-state index contributed by atoms with van der Waals surface area (Å²) in [6.07, 6.45) is -41.4. The van der Waals surface area contributed by atoms with Crippen LogP contribution >= 0.6 is 0 Å². The standard InChI is InChI=1S/C29H52O24/c1-7-13(36)18(41)21(44)26(48-7)52-25-20(43)16(39)11(4-32)49-29(25)53-24-15(38)10(35)5-46-28(24)47-6-12-17(40)19(42)22(45)27(50-12)51-23(9(34)3-31)14(37)8(33)2-30/h7-45H,2-6H2,1H3/t7-,8-,9+,10+,11+,12+,13+,14+,15-,16-,17+,18+,19-,20-,21-,22+,23+,24+,25+,26-,27-,28+,29-/m0/s1. The van der Waals surface area contributed by atoms with E-state index in [2.05, 4.69) is 0 Å². The van der Waals surface area contributed by atoms with E-state index in [4.69, 9.17) is 37.9 Å². The Bertz CT molecular complexity index is 1100. The van der Waals surface area contributed by atoms with Crippen LogP contribution in [0.5, 0.6) is 0 Å². The van der Waals surface area contributed by atoms with Gasteiger partial charge in [0.15, 0.2) is 25.2 Å². The first kappa shape index (κ1) is 44.8. The van der Waals surface area contributed by atoms with Crippen molar-refractivity contribution in [2.24, 2.45) is 0 Å². The Labute approximate surface area is 301 Å². The second-order valence-electron chi connectivity index (χ2n) is 13.3. The van der Waals surface area contributed by atoms with Crippen LogP contribution in [0.1, 0.15) is 6.92 Å². The van der Waals surface area contributed by atoms with Gasteiger partial charge in [-0.1, -0.05) is 0 Å². The Balaban J connectivity index is 1.52. The van der Waals surface area contributed by atoms with E-state index < -0.39 is 174 Å². The van der Waals surface area contributed by atoms with Crippen LogP contribution in [0.3, 0.4) is 0 Å². The summed E-state index contributed by atoms with van der Waals surface area (Å²) >= 11 is 0. The van der Waals surface area contributed by atoms with Crippen molar-refractivity contribution in [3.63, 3.8) is 0 Å². The first-order valence-corrected chi connectivity index (χ1v) is 16.8. The maximum absolute atomic E-state index is 10.9. The van der Waals surface area contributed by atoms with Crippen molar-refractivity contribution < 1.29 is 120 Å². The third-order valence-electron chi connectivity index (χ3n) is 9.51. The van der Waals surface area contributed by atoms with Gasteiger partial charge in [-0.3, -0.25) is 0 Å². The number of rotatable bonds is 15. The highest BCUT2D eigenvalue weighted by atomic mass is 16.8. The zero-order valence-corrected chi connectivity index (χ0v) is 28.2. The van der Waals surface area contributed by atoms with Crippen LogP contribution in [-0.2, 0) is 37.9 Å². The number of aliphatic hydroxyl groups is 16. The lowest BCUT2D eigenvalue weighted by Gasteiger charge is -2.48. The molecule has 0 radical (unpaired) electrons. The molecule has 23 atom stereocenters. The molecule has 0 unspecified atom stereocenters.